The molecule has 1 unspecified atom stereocenters. The summed E-state index contributed by atoms with van der Waals surface area (Å²) in [4.78, 5) is 31.5. The molecular formula is C18H29N3O2. The van der Waals surface area contributed by atoms with Gasteiger partial charge in [-0.2, -0.15) is 0 Å². The van der Waals surface area contributed by atoms with Gasteiger partial charge in [-0.15, -0.1) is 0 Å². The molecule has 2 amide bonds. The van der Waals surface area contributed by atoms with E-state index in [0.29, 0.717) is 13.1 Å². The first-order valence-corrected chi connectivity index (χ1v) is 9.13. The van der Waals surface area contributed by atoms with Gasteiger partial charge in [-0.25, -0.2) is 0 Å². The molecular weight excluding hydrogens is 290 g/mol. The van der Waals surface area contributed by atoms with Gasteiger partial charge >= 0.3 is 0 Å². The van der Waals surface area contributed by atoms with Crippen LogP contribution < -0.4 is 0 Å². The van der Waals surface area contributed by atoms with Crippen molar-refractivity contribution < 1.29 is 9.59 Å². The maximum Gasteiger partial charge on any atom is 0.239 e. The van der Waals surface area contributed by atoms with Gasteiger partial charge in [0.25, 0.3) is 0 Å². The van der Waals surface area contributed by atoms with Crippen molar-refractivity contribution in [3.63, 3.8) is 0 Å². The Morgan fingerprint density at radius 2 is 1.48 bits per heavy atom. The van der Waals surface area contributed by atoms with Crippen LogP contribution in [0.15, 0.2) is 12.2 Å². The lowest BCUT2D eigenvalue weighted by Crippen LogP contribution is -2.47. The van der Waals surface area contributed by atoms with Gasteiger partial charge in [0.15, 0.2) is 0 Å². The summed E-state index contributed by atoms with van der Waals surface area (Å²) in [6, 6.07) is -0.0150. The van der Waals surface area contributed by atoms with E-state index in [4.69, 9.17) is 0 Å². The first kappa shape index (κ1) is 16.5. The minimum atomic E-state index is -0.0150. The highest BCUT2D eigenvalue weighted by Crippen LogP contribution is 2.21. The fourth-order valence-corrected chi connectivity index (χ4v) is 3.98. The molecule has 1 aliphatic carbocycles. The zero-order chi connectivity index (χ0) is 16.2. The molecule has 128 valence electrons. The van der Waals surface area contributed by atoms with E-state index in [0.717, 1.165) is 45.4 Å². The van der Waals surface area contributed by atoms with Crippen molar-refractivity contribution in [3.8, 4) is 0 Å². The van der Waals surface area contributed by atoms with Crippen molar-refractivity contribution in [2.24, 2.45) is 5.92 Å². The van der Waals surface area contributed by atoms with E-state index >= 15 is 0 Å². The fraction of sp³-hybridized carbons (Fsp3) is 0.778. The molecule has 23 heavy (non-hydrogen) atoms. The van der Waals surface area contributed by atoms with E-state index in [1.807, 2.05) is 16.7 Å². The maximum atomic E-state index is 12.7. The van der Waals surface area contributed by atoms with Crippen LogP contribution in [0.5, 0.6) is 0 Å². The fourth-order valence-electron chi connectivity index (χ4n) is 3.98. The molecule has 0 radical (unpaired) electrons. The number of likely N-dealkylation sites (tertiary alicyclic amines) is 1. The zero-order valence-corrected chi connectivity index (χ0v) is 14.2. The van der Waals surface area contributed by atoms with Crippen molar-refractivity contribution in [2.75, 3.05) is 39.3 Å². The van der Waals surface area contributed by atoms with E-state index < -0.39 is 0 Å². The van der Waals surface area contributed by atoms with E-state index in [-0.39, 0.29) is 23.8 Å². The Balaban J connectivity index is 1.53. The summed E-state index contributed by atoms with van der Waals surface area (Å²) >= 11 is 0. The quantitative estimate of drug-likeness (QED) is 0.741. The topological polar surface area (TPSA) is 43.9 Å². The summed E-state index contributed by atoms with van der Waals surface area (Å²) in [5, 5.41) is 0. The summed E-state index contributed by atoms with van der Waals surface area (Å²) in [5.41, 5.74) is 0. The molecule has 5 nitrogen and oxygen atoms in total. The van der Waals surface area contributed by atoms with Crippen LogP contribution in [0.2, 0.25) is 0 Å². The summed E-state index contributed by atoms with van der Waals surface area (Å²) < 4.78 is 0. The molecule has 2 fully saturated rings. The Bertz CT molecular complexity index is 463. The molecule has 0 aromatic heterocycles. The highest BCUT2D eigenvalue weighted by atomic mass is 16.2. The number of amides is 2. The maximum absolute atomic E-state index is 12.7. The van der Waals surface area contributed by atoms with Crippen LogP contribution in [0, 0.1) is 5.92 Å². The molecule has 2 saturated heterocycles. The third-order valence-corrected chi connectivity index (χ3v) is 5.52. The van der Waals surface area contributed by atoms with Crippen molar-refractivity contribution >= 4 is 11.8 Å². The van der Waals surface area contributed by atoms with Crippen molar-refractivity contribution in [1.82, 2.24) is 14.7 Å². The van der Waals surface area contributed by atoms with Crippen LogP contribution in [0.1, 0.15) is 39.0 Å². The van der Waals surface area contributed by atoms with Crippen LogP contribution >= 0.6 is 0 Å². The molecule has 3 aliphatic rings. The molecule has 0 saturated carbocycles. The average Bonchev–Trinajstić information content (AvgIpc) is 3.23. The molecule has 0 aromatic rings. The molecule has 0 aromatic carbocycles. The lowest BCUT2D eigenvalue weighted by atomic mass is 10.1. The van der Waals surface area contributed by atoms with E-state index in [2.05, 4.69) is 17.1 Å². The van der Waals surface area contributed by atoms with Crippen molar-refractivity contribution in [2.45, 2.75) is 45.1 Å². The molecule has 5 heteroatoms. The second-order valence-corrected chi connectivity index (χ2v) is 7.06. The normalized spacial score (nSPS) is 24.9. The number of rotatable bonds is 3. The predicted octanol–water partition coefficient (Wildman–Crippen LogP) is 1.50. The van der Waals surface area contributed by atoms with Crippen LogP contribution in [-0.4, -0.2) is 71.8 Å². The van der Waals surface area contributed by atoms with Gasteiger partial charge < -0.3 is 9.80 Å². The third kappa shape index (κ3) is 3.77. The second kappa shape index (κ2) is 7.47. The van der Waals surface area contributed by atoms with Gasteiger partial charge in [-0.05, 0) is 52.1 Å². The van der Waals surface area contributed by atoms with Gasteiger partial charge in [0, 0.05) is 32.1 Å². The minimum absolute atomic E-state index is 0.0150. The Morgan fingerprint density at radius 3 is 2.17 bits per heavy atom. The third-order valence-electron chi connectivity index (χ3n) is 5.52. The highest BCUT2D eigenvalue weighted by molar-refractivity contribution is 5.82. The molecule has 0 N–H and O–H groups in total. The number of allylic oxidation sites excluding steroid dienone is 2. The van der Waals surface area contributed by atoms with E-state index in [9.17, 15) is 9.59 Å². The Kier molecular flexibility index (Phi) is 5.36. The van der Waals surface area contributed by atoms with Crippen LogP contribution in [0.4, 0.5) is 0 Å². The summed E-state index contributed by atoms with van der Waals surface area (Å²) in [5.74, 6) is 0.654. The smallest absolute Gasteiger partial charge is 0.239 e. The van der Waals surface area contributed by atoms with Crippen LogP contribution in [0.25, 0.3) is 0 Å². The molecule has 1 atom stereocenters. The Hall–Kier alpha value is -1.36. The lowest BCUT2D eigenvalue weighted by Gasteiger charge is -2.29. The Labute approximate surface area is 139 Å². The number of hydrogen-bond acceptors (Lipinski definition) is 3. The number of carbonyl (C=O) groups is 2. The number of nitrogens with zero attached hydrogens (tertiary/aromatic N) is 3. The summed E-state index contributed by atoms with van der Waals surface area (Å²) in [6.07, 6.45) is 9.27. The average molecular weight is 319 g/mol. The van der Waals surface area contributed by atoms with Crippen molar-refractivity contribution in [3.05, 3.63) is 12.2 Å². The predicted molar refractivity (Wildman–Crippen MR) is 89.9 cm³/mol. The van der Waals surface area contributed by atoms with E-state index in [1.54, 1.807) is 0 Å². The van der Waals surface area contributed by atoms with Crippen LogP contribution in [-0.2, 0) is 9.59 Å². The van der Waals surface area contributed by atoms with Crippen LogP contribution in [0.3, 0.4) is 0 Å². The largest absolute Gasteiger partial charge is 0.341 e. The lowest BCUT2D eigenvalue weighted by molar-refractivity contribution is -0.138. The molecule has 0 bridgehead atoms. The van der Waals surface area contributed by atoms with Gasteiger partial charge in [-0.1, -0.05) is 12.2 Å². The van der Waals surface area contributed by atoms with Crippen molar-refractivity contribution in [1.29, 1.82) is 0 Å². The minimum Gasteiger partial charge on any atom is -0.341 e. The molecule has 2 heterocycles. The molecule has 0 spiro atoms. The summed E-state index contributed by atoms with van der Waals surface area (Å²) in [6.45, 7) is 7.06. The number of carbonyl (C=O) groups excluding carboxylic acids is 2. The highest BCUT2D eigenvalue weighted by Gasteiger charge is 2.31. The van der Waals surface area contributed by atoms with Gasteiger partial charge in [0.2, 0.25) is 11.8 Å². The van der Waals surface area contributed by atoms with Gasteiger partial charge in [0.1, 0.15) is 0 Å². The summed E-state index contributed by atoms with van der Waals surface area (Å²) in [7, 11) is 0. The van der Waals surface area contributed by atoms with E-state index in [1.165, 1.54) is 12.8 Å². The molecule has 2 aliphatic heterocycles. The first-order chi connectivity index (χ1) is 11.2. The Morgan fingerprint density at radius 1 is 0.870 bits per heavy atom. The SMILES string of the molecule is CC(C(=O)N1CCCN(C(=O)C2CC=CC2)CC1)N1CCCC1. The second-order valence-electron chi connectivity index (χ2n) is 7.06. The van der Waals surface area contributed by atoms with Gasteiger partial charge in [0.05, 0.1) is 6.04 Å². The first-order valence-electron chi connectivity index (χ1n) is 9.13. The molecule has 3 rings (SSSR count). The number of hydrogen-bond donors (Lipinski definition) is 0. The standard InChI is InChI=1S/C18H29N3O2/c1-15(19-9-4-5-10-19)17(22)20-11-6-12-21(14-13-20)18(23)16-7-2-3-8-16/h2-3,15-16H,4-14H2,1H3. The monoisotopic (exact) mass is 319 g/mol. The van der Waals surface area contributed by atoms with Gasteiger partial charge in [-0.3, -0.25) is 14.5 Å². The zero-order valence-electron chi connectivity index (χ0n) is 14.2.